The summed E-state index contributed by atoms with van der Waals surface area (Å²) in [5.41, 5.74) is 0. The van der Waals surface area contributed by atoms with Crippen molar-refractivity contribution in [1.82, 2.24) is 0 Å². The van der Waals surface area contributed by atoms with Gasteiger partial charge in [-0.3, -0.25) is 0 Å². The van der Waals surface area contributed by atoms with Crippen LogP contribution in [0.3, 0.4) is 0 Å². The maximum Gasteiger partial charge on any atom is 0.237 e. The van der Waals surface area contributed by atoms with E-state index in [1.54, 1.807) is 18.0 Å². The summed E-state index contributed by atoms with van der Waals surface area (Å²) in [6.45, 7) is 0. The monoisotopic (exact) mass is 226 g/mol. The second-order valence-corrected chi connectivity index (χ2v) is 5.85. The maximum atomic E-state index is 5.21. The van der Waals surface area contributed by atoms with Crippen LogP contribution < -0.4 is 0 Å². The quantitative estimate of drug-likeness (QED) is 0.580. The fraction of sp³-hybridized carbons (Fsp3) is 1.00. The van der Waals surface area contributed by atoms with Gasteiger partial charge in [0.25, 0.3) is 0 Å². The molecule has 0 bridgehead atoms. The lowest BCUT2D eigenvalue weighted by atomic mass is 11.8. The number of alkyl halides is 3. The van der Waals surface area contributed by atoms with Crippen molar-refractivity contribution < 1.29 is 0 Å². The van der Waals surface area contributed by atoms with Gasteiger partial charge in [-0.05, 0) is 18.8 Å². The Bertz CT molecular complexity index is 52.3. The molecule has 0 rings (SSSR count). The Labute approximate surface area is 80.0 Å². The van der Waals surface area contributed by atoms with Gasteiger partial charge in [0.05, 0.1) is 0 Å². The summed E-state index contributed by atoms with van der Waals surface area (Å²) >= 11 is 18.6. The van der Waals surface area contributed by atoms with Crippen LogP contribution in [0.5, 0.6) is 0 Å². The van der Waals surface area contributed by atoms with Crippen molar-refractivity contribution in [3.05, 3.63) is 0 Å². The zero-order chi connectivity index (χ0) is 7.91. The zero-order valence-electron chi connectivity index (χ0n) is 5.45. The molecule has 0 aromatic heterocycles. The van der Waals surface area contributed by atoms with Gasteiger partial charge in [0.15, 0.2) is 0 Å². The summed E-state index contributed by atoms with van der Waals surface area (Å²) < 4.78 is -1.12. The molecule has 0 heterocycles. The van der Waals surface area contributed by atoms with Crippen molar-refractivity contribution >= 4 is 58.3 Å². The van der Waals surface area contributed by atoms with Crippen LogP contribution >= 0.6 is 58.3 Å². The molecule has 0 aliphatic heterocycles. The standard InChI is InChI=1S/C2H3Cl3S.C2H6S/c1-6-2(3,4)5;1-3-2/h1H3;1-2H3. The van der Waals surface area contributed by atoms with Crippen LogP contribution in [0.2, 0.25) is 0 Å². The average molecular weight is 228 g/mol. The van der Waals surface area contributed by atoms with Gasteiger partial charge in [0.1, 0.15) is 0 Å². The van der Waals surface area contributed by atoms with Gasteiger partial charge < -0.3 is 0 Å². The first-order chi connectivity index (χ1) is 3.97. The number of halogens is 3. The van der Waals surface area contributed by atoms with E-state index >= 15 is 0 Å². The normalized spacial score (nSPS) is 10.0. The molecule has 0 radical (unpaired) electrons. The third-order valence-electron chi connectivity index (χ3n) is 0.231. The summed E-state index contributed by atoms with van der Waals surface area (Å²) in [4.78, 5) is 0. The van der Waals surface area contributed by atoms with E-state index in [1.807, 2.05) is 12.5 Å². The van der Waals surface area contributed by atoms with E-state index in [4.69, 9.17) is 34.8 Å². The van der Waals surface area contributed by atoms with E-state index in [0.29, 0.717) is 0 Å². The van der Waals surface area contributed by atoms with Crippen molar-refractivity contribution in [3.63, 3.8) is 0 Å². The van der Waals surface area contributed by atoms with Gasteiger partial charge in [-0.2, -0.15) is 11.8 Å². The van der Waals surface area contributed by atoms with Crippen molar-refractivity contribution in [2.45, 2.75) is 3.12 Å². The molecule has 9 heavy (non-hydrogen) atoms. The largest absolute Gasteiger partial charge is 0.237 e. The van der Waals surface area contributed by atoms with Gasteiger partial charge in [-0.25, -0.2) is 0 Å². The lowest BCUT2D eigenvalue weighted by Crippen LogP contribution is -1.88. The maximum absolute atomic E-state index is 5.21. The SMILES string of the molecule is CSC.CSC(Cl)(Cl)Cl. The lowest BCUT2D eigenvalue weighted by Gasteiger charge is -2.02. The van der Waals surface area contributed by atoms with Crippen LogP contribution in [0, 0.1) is 0 Å². The highest BCUT2D eigenvalue weighted by Crippen LogP contribution is 2.36. The number of hydrogen-bond acceptors (Lipinski definition) is 2. The Morgan fingerprint density at radius 1 is 1.00 bits per heavy atom. The van der Waals surface area contributed by atoms with Crippen molar-refractivity contribution in [3.8, 4) is 0 Å². The highest BCUT2D eigenvalue weighted by Gasteiger charge is 2.15. The van der Waals surface area contributed by atoms with Gasteiger partial charge in [0, 0.05) is 0 Å². The molecular formula is C4H9Cl3S2. The molecular weight excluding hydrogens is 219 g/mol. The third kappa shape index (κ3) is 26.3. The van der Waals surface area contributed by atoms with Crippen LogP contribution in [0.25, 0.3) is 0 Å². The number of thioether (sulfide) groups is 2. The van der Waals surface area contributed by atoms with Gasteiger partial charge in [0.2, 0.25) is 3.12 Å². The van der Waals surface area contributed by atoms with E-state index in [0.717, 1.165) is 0 Å². The van der Waals surface area contributed by atoms with E-state index in [9.17, 15) is 0 Å². The van der Waals surface area contributed by atoms with E-state index in [2.05, 4.69) is 0 Å². The van der Waals surface area contributed by atoms with Crippen molar-refractivity contribution in [2.75, 3.05) is 18.8 Å². The van der Waals surface area contributed by atoms with E-state index in [1.165, 1.54) is 11.8 Å². The summed E-state index contributed by atoms with van der Waals surface area (Å²) in [5, 5.41) is 0. The molecule has 58 valence electrons. The smallest absolute Gasteiger partial charge is 0.169 e. The molecule has 0 saturated carbocycles. The average Bonchev–Trinajstić information content (AvgIpc) is 1.67. The predicted octanol–water partition coefficient (Wildman–Crippen LogP) is 3.66. The third-order valence-corrected chi connectivity index (χ3v) is 2.08. The van der Waals surface area contributed by atoms with Gasteiger partial charge in [-0.1, -0.05) is 34.8 Å². The van der Waals surface area contributed by atoms with Crippen LogP contribution in [0.1, 0.15) is 0 Å². The van der Waals surface area contributed by atoms with E-state index in [-0.39, 0.29) is 0 Å². The molecule has 5 heteroatoms. The van der Waals surface area contributed by atoms with Gasteiger partial charge in [-0.15, -0.1) is 11.8 Å². The Balaban J connectivity index is 0. The van der Waals surface area contributed by atoms with Crippen LogP contribution in [-0.2, 0) is 0 Å². The number of hydrogen-bond donors (Lipinski definition) is 0. The summed E-state index contributed by atoms with van der Waals surface area (Å²) in [5.74, 6) is 0. The minimum atomic E-state index is -1.12. The van der Waals surface area contributed by atoms with E-state index < -0.39 is 3.12 Å². The highest BCUT2D eigenvalue weighted by atomic mass is 35.6. The Morgan fingerprint density at radius 3 is 1.11 bits per heavy atom. The fourth-order valence-corrected chi connectivity index (χ4v) is 0. The Hall–Kier alpha value is 1.57. The highest BCUT2D eigenvalue weighted by molar-refractivity contribution is 8.04. The molecule has 0 spiro atoms. The lowest BCUT2D eigenvalue weighted by molar-refractivity contribution is 1.78. The predicted molar refractivity (Wildman–Crippen MR) is 53.2 cm³/mol. The first-order valence-corrected chi connectivity index (χ1v) is 5.99. The summed E-state index contributed by atoms with van der Waals surface area (Å²) in [6.07, 6.45) is 5.81. The van der Waals surface area contributed by atoms with Crippen LogP contribution in [0.15, 0.2) is 0 Å². The summed E-state index contributed by atoms with van der Waals surface area (Å²) in [7, 11) is 0. The molecule has 0 aromatic rings. The Morgan fingerprint density at radius 2 is 1.11 bits per heavy atom. The molecule has 0 amide bonds. The first-order valence-electron chi connectivity index (χ1n) is 2.00. The minimum absolute atomic E-state index is 1.12. The topological polar surface area (TPSA) is 0 Å². The first kappa shape index (κ1) is 13.2. The molecule has 0 nitrogen and oxygen atoms in total. The van der Waals surface area contributed by atoms with Gasteiger partial charge >= 0.3 is 0 Å². The van der Waals surface area contributed by atoms with Crippen LogP contribution in [0.4, 0.5) is 0 Å². The van der Waals surface area contributed by atoms with Crippen LogP contribution in [-0.4, -0.2) is 21.9 Å². The molecule has 0 unspecified atom stereocenters. The zero-order valence-corrected chi connectivity index (χ0v) is 9.35. The van der Waals surface area contributed by atoms with Crippen molar-refractivity contribution in [2.24, 2.45) is 0 Å². The molecule has 0 aliphatic rings. The van der Waals surface area contributed by atoms with Crippen molar-refractivity contribution in [1.29, 1.82) is 0 Å². The molecule has 0 N–H and O–H groups in total. The molecule has 0 aromatic carbocycles. The molecule has 0 atom stereocenters. The minimum Gasteiger partial charge on any atom is -0.169 e. The number of rotatable bonds is 0. The summed E-state index contributed by atoms with van der Waals surface area (Å²) in [6, 6.07) is 0. The second-order valence-electron chi connectivity index (χ2n) is 1.06. The molecule has 0 saturated heterocycles. The fourth-order valence-electron chi connectivity index (χ4n) is 0. The second kappa shape index (κ2) is 7.67. The Kier molecular flexibility index (Phi) is 11.2. The molecule has 0 fully saturated rings. The molecule has 0 aliphatic carbocycles.